The van der Waals surface area contributed by atoms with Gasteiger partial charge in [-0.25, -0.2) is 4.98 Å². The van der Waals surface area contributed by atoms with Crippen LogP contribution in [0.2, 0.25) is 0 Å². The second-order valence-electron chi connectivity index (χ2n) is 4.50. The lowest BCUT2D eigenvalue weighted by Crippen LogP contribution is -2.05. The number of rotatable bonds is 6. The molecule has 2 N–H and O–H groups in total. The number of aromatic nitrogens is 2. The van der Waals surface area contributed by atoms with E-state index in [1.807, 2.05) is 31.2 Å². The van der Waals surface area contributed by atoms with Crippen LogP contribution in [0.4, 0.5) is 17.5 Å². The molecule has 0 saturated carbocycles. The van der Waals surface area contributed by atoms with Crippen molar-refractivity contribution in [2.75, 3.05) is 24.3 Å². The third-order valence-corrected chi connectivity index (χ3v) is 2.86. The number of aryl methyl sites for hydroxylation is 1. The first-order valence-corrected chi connectivity index (χ1v) is 6.71. The van der Waals surface area contributed by atoms with E-state index in [0.29, 0.717) is 5.95 Å². The summed E-state index contributed by atoms with van der Waals surface area (Å²) in [5, 5.41) is 6.43. The van der Waals surface area contributed by atoms with E-state index in [2.05, 4.69) is 27.5 Å². The molecule has 2 rings (SSSR count). The quantitative estimate of drug-likeness (QED) is 0.844. The second kappa shape index (κ2) is 6.75. The summed E-state index contributed by atoms with van der Waals surface area (Å²) >= 11 is 0. The van der Waals surface area contributed by atoms with Crippen molar-refractivity contribution < 1.29 is 4.74 Å². The molecule has 0 atom stereocenters. The summed E-state index contributed by atoms with van der Waals surface area (Å²) in [5.74, 6) is 2.29. The largest absolute Gasteiger partial charge is 0.496 e. The number of nitrogens with one attached hydrogen (secondary N) is 2. The first-order chi connectivity index (χ1) is 9.72. The van der Waals surface area contributed by atoms with E-state index < -0.39 is 0 Å². The molecule has 0 aliphatic carbocycles. The number of benzene rings is 1. The third kappa shape index (κ3) is 3.60. The molecular formula is C15H20N4O. The van der Waals surface area contributed by atoms with Crippen LogP contribution in [0.1, 0.15) is 18.9 Å². The number of anilines is 3. The van der Waals surface area contributed by atoms with Crippen molar-refractivity contribution in [2.24, 2.45) is 0 Å². The highest BCUT2D eigenvalue weighted by atomic mass is 16.5. The normalized spacial score (nSPS) is 10.2. The SMILES string of the molecule is CCCNc1nccc(Nc2ccc(OC)c(C)c2)n1. The number of hydrogen-bond donors (Lipinski definition) is 2. The smallest absolute Gasteiger partial charge is 0.224 e. The lowest BCUT2D eigenvalue weighted by atomic mass is 10.2. The van der Waals surface area contributed by atoms with Crippen LogP contribution in [0.25, 0.3) is 0 Å². The van der Waals surface area contributed by atoms with Crippen LogP contribution in [0.15, 0.2) is 30.5 Å². The predicted octanol–water partition coefficient (Wildman–Crippen LogP) is 3.36. The lowest BCUT2D eigenvalue weighted by molar-refractivity contribution is 0.412. The van der Waals surface area contributed by atoms with Gasteiger partial charge in [0.15, 0.2) is 0 Å². The highest BCUT2D eigenvalue weighted by Gasteiger charge is 2.02. The van der Waals surface area contributed by atoms with Crippen molar-refractivity contribution in [2.45, 2.75) is 20.3 Å². The zero-order valence-electron chi connectivity index (χ0n) is 12.1. The van der Waals surface area contributed by atoms with Gasteiger partial charge in [-0.15, -0.1) is 0 Å². The van der Waals surface area contributed by atoms with Gasteiger partial charge in [-0.3, -0.25) is 0 Å². The van der Waals surface area contributed by atoms with Crippen molar-refractivity contribution >= 4 is 17.5 Å². The molecule has 0 aliphatic rings. The Morgan fingerprint density at radius 1 is 1.25 bits per heavy atom. The van der Waals surface area contributed by atoms with E-state index in [0.717, 1.165) is 35.8 Å². The van der Waals surface area contributed by atoms with E-state index in [-0.39, 0.29) is 0 Å². The van der Waals surface area contributed by atoms with Gasteiger partial charge in [0.05, 0.1) is 7.11 Å². The van der Waals surface area contributed by atoms with Gasteiger partial charge in [0.2, 0.25) is 5.95 Å². The van der Waals surface area contributed by atoms with Gasteiger partial charge in [0.25, 0.3) is 0 Å². The molecule has 5 heteroatoms. The summed E-state index contributed by atoms with van der Waals surface area (Å²) < 4.78 is 5.25. The van der Waals surface area contributed by atoms with Crippen LogP contribution in [-0.2, 0) is 0 Å². The molecule has 0 fully saturated rings. The number of methoxy groups -OCH3 is 1. The number of nitrogens with zero attached hydrogens (tertiary/aromatic N) is 2. The zero-order chi connectivity index (χ0) is 14.4. The Bertz CT molecular complexity index is 572. The van der Waals surface area contributed by atoms with E-state index in [9.17, 15) is 0 Å². The molecule has 0 amide bonds. The average molecular weight is 272 g/mol. The monoisotopic (exact) mass is 272 g/mol. The Kier molecular flexibility index (Phi) is 4.76. The molecule has 1 heterocycles. The lowest BCUT2D eigenvalue weighted by Gasteiger charge is -2.10. The Morgan fingerprint density at radius 3 is 2.80 bits per heavy atom. The minimum atomic E-state index is 0.641. The standard InChI is InChI=1S/C15H20N4O/c1-4-8-16-15-17-9-7-14(19-15)18-12-5-6-13(20-3)11(2)10-12/h5-7,9-10H,4,8H2,1-3H3,(H2,16,17,18,19). The van der Waals surface area contributed by atoms with Crippen molar-refractivity contribution in [1.29, 1.82) is 0 Å². The Morgan fingerprint density at radius 2 is 2.10 bits per heavy atom. The summed E-state index contributed by atoms with van der Waals surface area (Å²) in [7, 11) is 1.67. The fourth-order valence-corrected chi connectivity index (χ4v) is 1.85. The Hall–Kier alpha value is -2.30. The molecule has 0 bridgehead atoms. The van der Waals surface area contributed by atoms with E-state index in [4.69, 9.17) is 4.74 Å². The van der Waals surface area contributed by atoms with Gasteiger partial charge < -0.3 is 15.4 Å². The highest BCUT2D eigenvalue weighted by Crippen LogP contribution is 2.23. The van der Waals surface area contributed by atoms with E-state index >= 15 is 0 Å². The van der Waals surface area contributed by atoms with Crippen molar-refractivity contribution in [3.8, 4) is 5.75 Å². The molecule has 20 heavy (non-hydrogen) atoms. The topological polar surface area (TPSA) is 59.1 Å². The van der Waals surface area contributed by atoms with Crippen LogP contribution in [0.3, 0.4) is 0 Å². The molecule has 0 spiro atoms. The first kappa shape index (κ1) is 14.1. The summed E-state index contributed by atoms with van der Waals surface area (Å²) in [4.78, 5) is 8.59. The van der Waals surface area contributed by atoms with Crippen LogP contribution < -0.4 is 15.4 Å². The fourth-order valence-electron chi connectivity index (χ4n) is 1.85. The minimum absolute atomic E-state index is 0.641. The molecule has 0 unspecified atom stereocenters. The predicted molar refractivity (Wildman–Crippen MR) is 81.8 cm³/mol. The molecule has 5 nitrogen and oxygen atoms in total. The van der Waals surface area contributed by atoms with Crippen LogP contribution >= 0.6 is 0 Å². The number of ether oxygens (including phenoxy) is 1. The van der Waals surface area contributed by atoms with Crippen molar-refractivity contribution in [3.63, 3.8) is 0 Å². The van der Waals surface area contributed by atoms with Gasteiger partial charge in [0.1, 0.15) is 11.6 Å². The summed E-state index contributed by atoms with van der Waals surface area (Å²) in [5.41, 5.74) is 2.05. The van der Waals surface area contributed by atoms with Gasteiger partial charge in [-0.05, 0) is 43.2 Å². The van der Waals surface area contributed by atoms with Gasteiger partial charge >= 0.3 is 0 Å². The summed E-state index contributed by atoms with van der Waals surface area (Å²) in [6, 6.07) is 7.78. The van der Waals surface area contributed by atoms with Gasteiger partial charge in [-0.1, -0.05) is 6.92 Å². The van der Waals surface area contributed by atoms with E-state index in [1.54, 1.807) is 13.3 Å². The molecule has 0 radical (unpaired) electrons. The third-order valence-electron chi connectivity index (χ3n) is 2.86. The van der Waals surface area contributed by atoms with E-state index in [1.165, 1.54) is 0 Å². The molecule has 0 saturated heterocycles. The maximum Gasteiger partial charge on any atom is 0.224 e. The Labute approximate surface area is 119 Å². The van der Waals surface area contributed by atoms with Gasteiger partial charge in [-0.2, -0.15) is 4.98 Å². The van der Waals surface area contributed by atoms with Crippen LogP contribution in [0.5, 0.6) is 5.75 Å². The maximum absolute atomic E-state index is 5.25. The summed E-state index contributed by atoms with van der Waals surface area (Å²) in [6.07, 6.45) is 2.78. The minimum Gasteiger partial charge on any atom is -0.496 e. The maximum atomic E-state index is 5.25. The second-order valence-corrected chi connectivity index (χ2v) is 4.50. The number of hydrogen-bond acceptors (Lipinski definition) is 5. The Balaban J connectivity index is 2.11. The molecule has 1 aromatic carbocycles. The molecular weight excluding hydrogens is 252 g/mol. The van der Waals surface area contributed by atoms with Gasteiger partial charge in [0, 0.05) is 18.4 Å². The molecule has 1 aromatic heterocycles. The first-order valence-electron chi connectivity index (χ1n) is 6.71. The molecule has 106 valence electrons. The molecule has 0 aliphatic heterocycles. The summed E-state index contributed by atoms with van der Waals surface area (Å²) in [6.45, 7) is 4.98. The average Bonchev–Trinajstić information content (AvgIpc) is 2.46. The van der Waals surface area contributed by atoms with Crippen molar-refractivity contribution in [1.82, 2.24) is 9.97 Å². The fraction of sp³-hybridized carbons (Fsp3) is 0.333. The molecule has 2 aromatic rings. The highest BCUT2D eigenvalue weighted by molar-refractivity contribution is 5.59. The van der Waals surface area contributed by atoms with Crippen LogP contribution in [0, 0.1) is 6.92 Å². The van der Waals surface area contributed by atoms with Crippen LogP contribution in [-0.4, -0.2) is 23.6 Å². The van der Waals surface area contributed by atoms with Crippen molar-refractivity contribution in [3.05, 3.63) is 36.0 Å². The zero-order valence-corrected chi connectivity index (χ0v) is 12.1.